The number of rotatable bonds is 5. The lowest BCUT2D eigenvalue weighted by Crippen LogP contribution is -2.51. The first-order chi connectivity index (χ1) is 12.8. The van der Waals surface area contributed by atoms with Crippen LogP contribution in [0.15, 0.2) is 18.3 Å². The molecule has 9 heteroatoms. The molecule has 0 unspecified atom stereocenters. The van der Waals surface area contributed by atoms with Gasteiger partial charge < -0.3 is 5.32 Å². The number of carbonyl (C=O) groups is 1. The van der Waals surface area contributed by atoms with E-state index in [4.69, 9.17) is 0 Å². The van der Waals surface area contributed by atoms with E-state index in [1.165, 1.54) is 0 Å². The van der Waals surface area contributed by atoms with Crippen molar-refractivity contribution in [3.63, 3.8) is 0 Å². The van der Waals surface area contributed by atoms with Crippen LogP contribution in [0.1, 0.15) is 42.4 Å². The number of alkyl halides is 2. The highest BCUT2D eigenvalue weighted by Crippen LogP contribution is 2.37. The van der Waals surface area contributed by atoms with E-state index in [1.807, 2.05) is 29.4 Å². The number of hydrogen-bond acceptors (Lipinski definition) is 4. The third kappa shape index (κ3) is 3.87. The van der Waals surface area contributed by atoms with Crippen molar-refractivity contribution < 1.29 is 13.6 Å². The molecule has 1 fully saturated rings. The van der Waals surface area contributed by atoms with Gasteiger partial charge in [-0.1, -0.05) is 0 Å². The van der Waals surface area contributed by atoms with Crippen LogP contribution in [0.3, 0.4) is 0 Å². The Kier molecular flexibility index (Phi) is 4.49. The second-order valence-electron chi connectivity index (χ2n) is 7.72. The molecular formula is C18H24F2N6O. The zero-order valence-electron chi connectivity index (χ0n) is 15.5. The molecule has 1 atom stereocenters. The van der Waals surface area contributed by atoms with Crippen molar-refractivity contribution in [3.05, 3.63) is 35.4 Å². The molecule has 4 rings (SSSR count). The zero-order chi connectivity index (χ0) is 19.2. The molecule has 1 aliphatic heterocycles. The van der Waals surface area contributed by atoms with Crippen LogP contribution in [-0.2, 0) is 24.9 Å². The zero-order valence-corrected chi connectivity index (χ0v) is 15.5. The van der Waals surface area contributed by atoms with E-state index < -0.39 is 12.0 Å². The topological polar surface area (TPSA) is 68.0 Å². The average molecular weight is 378 g/mol. The number of aromatic nitrogens is 4. The molecule has 146 valence electrons. The Morgan fingerprint density at radius 2 is 2.19 bits per heavy atom. The van der Waals surface area contributed by atoms with Gasteiger partial charge in [-0.2, -0.15) is 10.2 Å². The molecule has 2 aromatic heterocycles. The number of halogens is 2. The van der Waals surface area contributed by atoms with E-state index in [-0.39, 0.29) is 31.2 Å². The number of hydrogen-bond donors (Lipinski definition) is 1. The Morgan fingerprint density at radius 3 is 2.85 bits per heavy atom. The normalized spacial score (nSPS) is 22.3. The van der Waals surface area contributed by atoms with Gasteiger partial charge in [-0.3, -0.25) is 19.1 Å². The molecule has 1 saturated carbocycles. The van der Waals surface area contributed by atoms with Crippen LogP contribution in [0.2, 0.25) is 0 Å². The summed E-state index contributed by atoms with van der Waals surface area (Å²) in [5, 5.41) is 11.5. The second-order valence-corrected chi connectivity index (χ2v) is 7.72. The van der Waals surface area contributed by atoms with Gasteiger partial charge >= 0.3 is 0 Å². The van der Waals surface area contributed by atoms with E-state index in [0.717, 1.165) is 30.2 Å². The Morgan fingerprint density at radius 1 is 1.41 bits per heavy atom. The lowest BCUT2D eigenvalue weighted by Gasteiger charge is -2.36. The van der Waals surface area contributed by atoms with Gasteiger partial charge in [-0.15, -0.1) is 0 Å². The van der Waals surface area contributed by atoms with Crippen molar-refractivity contribution in [2.24, 2.45) is 7.05 Å². The molecule has 0 radical (unpaired) electrons. The Bertz CT molecular complexity index is 837. The van der Waals surface area contributed by atoms with Crippen molar-refractivity contribution in [2.75, 3.05) is 6.54 Å². The summed E-state index contributed by atoms with van der Waals surface area (Å²) in [5.74, 6) is -2.82. The highest BCUT2D eigenvalue weighted by atomic mass is 19.3. The summed E-state index contributed by atoms with van der Waals surface area (Å²) < 4.78 is 29.7. The van der Waals surface area contributed by atoms with E-state index in [2.05, 4.69) is 26.5 Å². The van der Waals surface area contributed by atoms with E-state index >= 15 is 0 Å². The van der Waals surface area contributed by atoms with E-state index in [0.29, 0.717) is 6.54 Å². The summed E-state index contributed by atoms with van der Waals surface area (Å²) in [5.41, 5.74) is 3.14. The minimum atomic E-state index is -2.63. The van der Waals surface area contributed by atoms with E-state index in [9.17, 15) is 13.6 Å². The number of aryl methyl sites for hydroxylation is 2. The van der Waals surface area contributed by atoms with Crippen LogP contribution in [0, 0.1) is 6.92 Å². The van der Waals surface area contributed by atoms with Crippen LogP contribution in [0.5, 0.6) is 0 Å². The van der Waals surface area contributed by atoms with Crippen molar-refractivity contribution >= 4 is 5.91 Å². The van der Waals surface area contributed by atoms with Gasteiger partial charge in [0.25, 0.3) is 5.92 Å². The standard InChI is InChI=1S/C18H24F2N6O/c1-12-5-15(24(2)23-12)10-25-9-14-3-4-21-26(14)16(11-25)6-17(27)22-13-7-18(19,20)8-13/h3-5,13,16H,6-11H2,1-2H3,(H,22,27)/t16-/m1/s1. The smallest absolute Gasteiger partial charge is 0.252 e. The molecule has 3 heterocycles. The van der Waals surface area contributed by atoms with Gasteiger partial charge in [0, 0.05) is 51.8 Å². The van der Waals surface area contributed by atoms with Crippen molar-refractivity contribution in [1.29, 1.82) is 0 Å². The fourth-order valence-corrected chi connectivity index (χ4v) is 4.04. The molecule has 0 spiro atoms. The van der Waals surface area contributed by atoms with Crippen LogP contribution < -0.4 is 5.32 Å². The maximum absolute atomic E-state index is 13.0. The monoisotopic (exact) mass is 378 g/mol. The lowest BCUT2D eigenvalue weighted by molar-refractivity contribution is -0.130. The largest absolute Gasteiger partial charge is 0.353 e. The first kappa shape index (κ1) is 18.1. The van der Waals surface area contributed by atoms with Gasteiger partial charge in [0.1, 0.15) is 0 Å². The van der Waals surface area contributed by atoms with Crippen molar-refractivity contribution in [2.45, 2.75) is 57.3 Å². The predicted octanol–water partition coefficient (Wildman–Crippen LogP) is 1.79. The van der Waals surface area contributed by atoms with Gasteiger partial charge in [0.2, 0.25) is 5.91 Å². The molecule has 0 saturated heterocycles. The Labute approximate surface area is 156 Å². The lowest BCUT2D eigenvalue weighted by atomic mass is 9.88. The van der Waals surface area contributed by atoms with Crippen molar-refractivity contribution in [1.82, 2.24) is 29.8 Å². The number of carbonyl (C=O) groups excluding carboxylic acids is 1. The molecule has 27 heavy (non-hydrogen) atoms. The molecule has 2 aromatic rings. The van der Waals surface area contributed by atoms with Crippen LogP contribution in [-0.4, -0.2) is 48.9 Å². The van der Waals surface area contributed by atoms with Gasteiger partial charge in [-0.05, 0) is 19.1 Å². The maximum Gasteiger partial charge on any atom is 0.252 e. The van der Waals surface area contributed by atoms with Crippen LogP contribution >= 0.6 is 0 Å². The molecule has 0 aromatic carbocycles. The summed E-state index contributed by atoms with van der Waals surface area (Å²) in [4.78, 5) is 14.6. The summed E-state index contributed by atoms with van der Waals surface area (Å²) in [6.45, 7) is 4.12. The molecule has 1 amide bonds. The SMILES string of the molecule is Cc1cc(CN2Cc3ccnn3[C@H](CC(=O)NC3CC(F)(F)C3)C2)n(C)n1. The molecule has 2 aliphatic rings. The molecular weight excluding hydrogens is 354 g/mol. The number of nitrogens with one attached hydrogen (secondary N) is 1. The van der Waals surface area contributed by atoms with Gasteiger partial charge in [-0.25, -0.2) is 8.78 Å². The minimum Gasteiger partial charge on any atom is -0.353 e. The fourth-order valence-electron chi connectivity index (χ4n) is 4.04. The molecule has 1 aliphatic carbocycles. The third-order valence-electron chi connectivity index (χ3n) is 5.31. The fraction of sp³-hybridized carbons (Fsp3) is 0.611. The van der Waals surface area contributed by atoms with Gasteiger partial charge in [0.15, 0.2) is 0 Å². The van der Waals surface area contributed by atoms with Crippen LogP contribution in [0.4, 0.5) is 8.78 Å². The second kappa shape index (κ2) is 6.70. The molecule has 0 bridgehead atoms. The molecule has 1 N–H and O–H groups in total. The third-order valence-corrected chi connectivity index (χ3v) is 5.31. The number of nitrogens with zero attached hydrogens (tertiary/aromatic N) is 5. The first-order valence-corrected chi connectivity index (χ1v) is 9.20. The first-order valence-electron chi connectivity index (χ1n) is 9.20. The number of amides is 1. The summed E-state index contributed by atoms with van der Waals surface area (Å²) in [6.07, 6.45) is 1.45. The predicted molar refractivity (Wildman–Crippen MR) is 94.1 cm³/mol. The average Bonchev–Trinajstić information content (AvgIpc) is 3.12. The Balaban J connectivity index is 1.41. The Hall–Kier alpha value is -2.29. The van der Waals surface area contributed by atoms with Crippen LogP contribution in [0.25, 0.3) is 0 Å². The summed E-state index contributed by atoms with van der Waals surface area (Å²) in [6, 6.07) is 3.49. The number of fused-ring (bicyclic) bond motifs is 1. The van der Waals surface area contributed by atoms with Crippen molar-refractivity contribution in [3.8, 4) is 0 Å². The van der Waals surface area contributed by atoms with Gasteiger partial charge in [0.05, 0.1) is 29.5 Å². The summed E-state index contributed by atoms with van der Waals surface area (Å²) >= 11 is 0. The quantitative estimate of drug-likeness (QED) is 0.861. The molecule has 7 nitrogen and oxygen atoms in total. The highest BCUT2D eigenvalue weighted by molar-refractivity contribution is 5.77. The summed E-state index contributed by atoms with van der Waals surface area (Å²) in [7, 11) is 1.93. The minimum absolute atomic E-state index is 0.112. The maximum atomic E-state index is 13.0. The van der Waals surface area contributed by atoms with E-state index in [1.54, 1.807) is 6.20 Å². The highest BCUT2D eigenvalue weighted by Gasteiger charge is 2.46.